The summed E-state index contributed by atoms with van der Waals surface area (Å²) in [5, 5.41) is 12.4. The molecule has 0 fully saturated rings. The van der Waals surface area contributed by atoms with Crippen LogP contribution in [0.1, 0.15) is 38.3 Å². The van der Waals surface area contributed by atoms with Gasteiger partial charge in [0.1, 0.15) is 5.75 Å². The summed E-state index contributed by atoms with van der Waals surface area (Å²) in [7, 11) is -3.68. The number of rotatable bonds is 6. The van der Waals surface area contributed by atoms with Gasteiger partial charge in [-0.05, 0) is 47.7 Å². The van der Waals surface area contributed by atoms with E-state index in [4.69, 9.17) is 0 Å². The highest BCUT2D eigenvalue weighted by atomic mass is 32.2. The molecular weight excluding hydrogens is 364 g/mol. The zero-order valence-corrected chi connectivity index (χ0v) is 16.9. The van der Waals surface area contributed by atoms with Gasteiger partial charge in [0, 0.05) is 13.0 Å². The van der Waals surface area contributed by atoms with Crippen molar-refractivity contribution < 1.29 is 18.3 Å². The second-order valence-electron chi connectivity index (χ2n) is 7.49. The molecule has 7 heteroatoms. The zero-order chi connectivity index (χ0) is 20.2. The second kappa shape index (κ2) is 8.10. The molecule has 0 saturated carbocycles. The standard InChI is InChI=1S/C20H26N2O4S/c1-14-5-10-17(18(23)13-14)22-19(24)11-12-21-27(25,26)16-8-6-15(7-9-16)20(2,3)4/h5-10,13,21,23H,11-12H2,1-4H3,(H,22,24). The predicted octanol–water partition coefficient (Wildman–Crippen LogP) is 3.31. The van der Waals surface area contributed by atoms with Gasteiger partial charge < -0.3 is 10.4 Å². The Bertz CT molecular complexity index is 914. The number of carbonyl (C=O) groups excluding carboxylic acids is 1. The molecule has 0 saturated heterocycles. The van der Waals surface area contributed by atoms with Crippen LogP contribution < -0.4 is 10.0 Å². The van der Waals surface area contributed by atoms with Crippen LogP contribution in [-0.2, 0) is 20.2 Å². The first-order valence-electron chi connectivity index (χ1n) is 8.69. The Kier molecular flexibility index (Phi) is 6.28. The normalized spacial score (nSPS) is 12.0. The van der Waals surface area contributed by atoms with Gasteiger partial charge in [0.05, 0.1) is 10.6 Å². The quantitative estimate of drug-likeness (QED) is 0.660. The minimum atomic E-state index is -3.68. The van der Waals surface area contributed by atoms with E-state index in [0.717, 1.165) is 11.1 Å². The number of aromatic hydroxyl groups is 1. The van der Waals surface area contributed by atoms with E-state index >= 15 is 0 Å². The second-order valence-corrected chi connectivity index (χ2v) is 9.26. The molecule has 0 spiro atoms. The monoisotopic (exact) mass is 390 g/mol. The van der Waals surface area contributed by atoms with Crippen LogP contribution in [0, 0.1) is 6.92 Å². The van der Waals surface area contributed by atoms with Gasteiger partial charge in [-0.3, -0.25) is 4.79 Å². The predicted molar refractivity (Wildman–Crippen MR) is 106 cm³/mol. The maximum atomic E-state index is 12.3. The molecule has 0 atom stereocenters. The highest BCUT2D eigenvalue weighted by Gasteiger charge is 2.17. The van der Waals surface area contributed by atoms with Crippen LogP contribution in [0.15, 0.2) is 47.4 Å². The number of anilines is 1. The first kappa shape index (κ1) is 20.9. The van der Waals surface area contributed by atoms with Crippen LogP contribution in [0.5, 0.6) is 5.75 Å². The van der Waals surface area contributed by atoms with Crippen molar-refractivity contribution in [1.29, 1.82) is 0 Å². The van der Waals surface area contributed by atoms with Gasteiger partial charge >= 0.3 is 0 Å². The van der Waals surface area contributed by atoms with Crippen molar-refractivity contribution in [3.63, 3.8) is 0 Å². The molecule has 2 aromatic rings. The number of phenols is 1. The average Bonchev–Trinajstić information content (AvgIpc) is 2.56. The molecule has 3 N–H and O–H groups in total. The van der Waals surface area contributed by atoms with Gasteiger partial charge in [0.25, 0.3) is 0 Å². The molecule has 6 nitrogen and oxygen atoms in total. The van der Waals surface area contributed by atoms with Gasteiger partial charge in [-0.1, -0.05) is 39.0 Å². The molecule has 27 heavy (non-hydrogen) atoms. The molecule has 0 aliphatic rings. The van der Waals surface area contributed by atoms with Crippen molar-refractivity contribution in [2.45, 2.75) is 44.4 Å². The lowest BCUT2D eigenvalue weighted by Gasteiger charge is -2.19. The first-order valence-corrected chi connectivity index (χ1v) is 10.2. The number of sulfonamides is 1. The highest BCUT2D eigenvalue weighted by molar-refractivity contribution is 7.89. The number of phenolic OH excluding ortho intramolecular Hbond substituents is 1. The number of benzene rings is 2. The molecule has 2 rings (SSSR count). The summed E-state index contributed by atoms with van der Waals surface area (Å²) in [4.78, 5) is 12.1. The van der Waals surface area contributed by atoms with Crippen LogP contribution in [0.4, 0.5) is 5.69 Å². The minimum absolute atomic E-state index is 0.0251. The van der Waals surface area contributed by atoms with E-state index in [9.17, 15) is 18.3 Å². The SMILES string of the molecule is Cc1ccc(NC(=O)CCNS(=O)(=O)c2ccc(C(C)(C)C)cc2)c(O)c1. The third-order valence-electron chi connectivity index (χ3n) is 4.10. The fourth-order valence-electron chi connectivity index (χ4n) is 2.48. The summed E-state index contributed by atoms with van der Waals surface area (Å²) in [6.45, 7) is 7.95. The van der Waals surface area contributed by atoms with Crippen molar-refractivity contribution in [2.75, 3.05) is 11.9 Å². The Morgan fingerprint density at radius 3 is 2.26 bits per heavy atom. The smallest absolute Gasteiger partial charge is 0.240 e. The molecule has 0 unspecified atom stereocenters. The fourth-order valence-corrected chi connectivity index (χ4v) is 3.51. The Balaban J connectivity index is 1.92. The van der Waals surface area contributed by atoms with E-state index in [1.165, 1.54) is 0 Å². The summed E-state index contributed by atoms with van der Waals surface area (Å²) >= 11 is 0. The lowest BCUT2D eigenvalue weighted by molar-refractivity contribution is -0.116. The van der Waals surface area contributed by atoms with E-state index < -0.39 is 10.0 Å². The van der Waals surface area contributed by atoms with Crippen molar-refractivity contribution in [3.8, 4) is 5.75 Å². The van der Waals surface area contributed by atoms with E-state index in [1.807, 2.05) is 6.92 Å². The number of hydrogen-bond acceptors (Lipinski definition) is 4. The lowest BCUT2D eigenvalue weighted by Crippen LogP contribution is -2.28. The van der Waals surface area contributed by atoms with E-state index in [2.05, 4.69) is 30.8 Å². The molecule has 0 bridgehead atoms. The van der Waals surface area contributed by atoms with Crippen LogP contribution in [-0.4, -0.2) is 26.0 Å². The molecule has 2 aromatic carbocycles. The van der Waals surface area contributed by atoms with E-state index in [0.29, 0.717) is 5.69 Å². The largest absolute Gasteiger partial charge is 0.506 e. The number of carbonyl (C=O) groups is 1. The fraction of sp³-hybridized carbons (Fsp3) is 0.350. The zero-order valence-electron chi connectivity index (χ0n) is 16.0. The number of hydrogen-bond donors (Lipinski definition) is 3. The van der Waals surface area contributed by atoms with Crippen molar-refractivity contribution in [2.24, 2.45) is 0 Å². The van der Waals surface area contributed by atoms with Gasteiger partial charge in [0.15, 0.2) is 0 Å². The van der Waals surface area contributed by atoms with Crippen LogP contribution in [0.2, 0.25) is 0 Å². The van der Waals surface area contributed by atoms with Gasteiger partial charge in [-0.2, -0.15) is 0 Å². The molecule has 0 aliphatic heterocycles. The maximum Gasteiger partial charge on any atom is 0.240 e. The molecule has 0 aromatic heterocycles. The first-order chi connectivity index (χ1) is 12.5. The third-order valence-corrected chi connectivity index (χ3v) is 5.58. The van der Waals surface area contributed by atoms with Gasteiger partial charge in [-0.25, -0.2) is 13.1 Å². The van der Waals surface area contributed by atoms with Gasteiger partial charge in [0.2, 0.25) is 15.9 Å². The maximum absolute atomic E-state index is 12.3. The van der Waals surface area contributed by atoms with Crippen molar-refractivity contribution >= 4 is 21.6 Å². The Hall–Kier alpha value is -2.38. The molecule has 146 valence electrons. The molecule has 0 radical (unpaired) electrons. The lowest BCUT2D eigenvalue weighted by atomic mass is 9.87. The Labute approximate surface area is 160 Å². The highest BCUT2D eigenvalue weighted by Crippen LogP contribution is 2.24. The van der Waals surface area contributed by atoms with Crippen molar-refractivity contribution in [3.05, 3.63) is 53.6 Å². The number of amides is 1. The molecule has 0 heterocycles. The summed E-state index contributed by atoms with van der Waals surface area (Å²) in [6, 6.07) is 11.6. The third kappa shape index (κ3) is 5.80. The van der Waals surface area contributed by atoms with Crippen LogP contribution in [0.3, 0.4) is 0 Å². The summed E-state index contributed by atoms with van der Waals surface area (Å²) < 4.78 is 27.1. The number of aryl methyl sites for hydroxylation is 1. The summed E-state index contributed by atoms with van der Waals surface area (Å²) in [5.74, 6) is -0.414. The summed E-state index contributed by atoms with van der Waals surface area (Å²) in [5.41, 5.74) is 2.15. The van der Waals surface area contributed by atoms with Crippen molar-refractivity contribution in [1.82, 2.24) is 4.72 Å². The molecular formula is C20H26N2O4S. The summed E-state index contributed by atoms with van der Waals surface area (Å²) in [6.07, 6.45) is -0.0490. The minimum Gasteiger partial charge on any atom is -0.506 e. The van der Waals surface area contributed by atoms with Crippen LogP contribution >= 0.6 is 0 Å². The Morgan fingerprint density at radius 1 is 1.07 bits per heavy atom. The van der Waals surface area contributed by atoms with E-state index in [1.54, 1.807) is 42.5 Å². The van der Waals surface area contributed by atoms with Gasteiger partial charge in [-0.15, -0.1) is 0 Å². The van der Waals surface area contributed by atoms with E-state index in [-0.39, 0.29) is 34.9 Å². The number of nitrogens with one attached hydrogen (secondary N) is 2. The average molecular weight is 391 g/mol. The molecule has 0 aliphatic carbocycles. The Morgan fingerprint density at radius 2 is 1.70 bits per heavy atom. The topological polar surface area (TPSA) is 95.5 Å². The molecule has 1 amide bonds. The van der Waals surface area contributed by atoms with Crippen LogP contribution in [0.25, 0.3) is 0 Å².